The maximum Gasteiger partial charge on any atom is 0.130 e. The zero-order valence-electron chi connectivity index (χ0n) is 11.1. The summed E-state index contributed by atoms with van der Waals surface area (Å²) in [6, 6.07) is 0.377. The molecule has 1 heterocycles. The molecule has 0 amide bonds. The van der Waals surface area contributed by atoms with Crippen LogP contribution in [-0.2, 0) is 18.2 Å². The van der Waals surface area contributed by atoms with Crippen LogP contribution in [0, 0.1) is 6.92 Å². The predicted octanol–water partition coefficient (Wildman–Crippen LogP) is 1.94. The molecule has 0 radical (unpaired) electrons. The van der Waals surface area contributed by atoms with E-state index in [4.69, 9.17) is 16.3 Å². The van der Waals surface area contributed by atoms with Gasteiger partial charge in [0.25, 0.3) is 0 Å². The third kappa shape index (κ3) is 3.98. The molecule has 1 aromatic rings. The normalized spacial score (nSPS) is 13.0. The Bertz CT molecular complexity index is 352. The van der Waals surface area contributed by atoms with Gasteiger partial charge >= 0.3 is 0 Å². The summed E-state index contributed by atoms with van der Waals surface area (Å²) in [5, 5.41) is 8.35. The molecule has 1 aromatic heterocycles. The molecular weight excluding hydrogens is 238 g/mol. The zero-order valence-corrected chi connectivity index (χ0v) is 11.8. The van der Waals surface area contributed by atoms with Crippen LogP contribution in [0.25, 0.3) is 0 Å². The number of nitrogens with zero attached hydrogens (tertiary/aromatic N) is 2. The van der Waals surface area contributed by atoms with Crippen molar-refractivity contribution in [3.8, 4) is 0 Å². The third-order valence-electron chi connectivity index (χ3n) is 2.94. The number of likely N-dealkylation sites (N-methyl/N-ethyl adjacent to an activating group) is 1. The van der Waals surface area contributed by atoms with Crippen LogP contribution in [0.2, 0.25) is 5.15 Å². The van der Waals surface area contributed by atoms with E-state index in [-0.39, 0.29) is 0 Å². The lowest BCUT2D eigenvalue weighted by atomic mass is 10.0. The number of halogens is 1. The highest BCUT2D eigenvalue weighted by atomic mass is 35.5. The van der Waals surface area contributed by atoms with Crippen LogP contribution >= 0.6 is 11.6 Å². The maximum absolute atomic E-state index is 6.22. The van der Waals surface area contributed by atoms with Crippen molar-refractivity contribution in [3.63, 3.8) is 0 Å². The second-order valence-corrected chi connectivity index (χ2v) is 4.51. The lowest BCUT2D eigenvalue weighted by Crippen LogP contribution is -2.29. The molecule has 0 aromatic carbocycles. The Morgan fingerprint density at radius 3 is 2.71 bits per heavy atom. The van der Waals surface area contributed by atoms with Gasteiger partial charge < -0.3 is 10.1 Å². The van der Waals surface area contributed by atoms with E-state index in [0.717, 1.165) is 42.5 Å². The SMILES string of the molecule is CCOCCC(Cc1c(C)nn(C)c1Cl)NC. The minimum atomic E-state index is 0.377. The van der Waals surface area contributed by atoms with Gasteiger partial charge in [0, 0.05) is 31.9 Å². The first-order valence-corrected chi connectivity index (χ1v) is 6.40. The summed E-state index contributed by atoms with van der Waals surface area (Å²) < 4.78 is 7.10. The number of aryl methyl sites for hydroxylation is 2. The molecular formula is C12H22ClN3O. The van der Waals surface area contributed by atoms with E-state index in [1.165, 1.54) is 0 Å². The smallest absolute Gasteiger partial charge is 0.130 e. The van der Waals surface area contributed by atoms with Crippen molar-refractivity contribution in [2.45, 2.75) is 32.7 Å². The Kier molecular flexibility index (Phi) is 5.95. The van der Waals surface area contributed by atoms with E-state index >= 15 is 0 Å². The average Bonchev–Trinajstić information content (AvgIpc) is 2.54. The van der Waals surface area contributed by atoms with Gasteiger partial charge in [-0.25, -0.2) is 0 Å². The van der Waals surface area contributed by atoms with Gasteiger partial charge in [-0.05, 0) is 33.7 Å². The molecule has 0 bridgehead atoms. The van der Waals surface area contributed by atoms with Gasteiger partial charge in [0.05, 0.1) is 5.69 Å². The molecule has 0 aliphatic heterocycles. The Morgan fingerprint density at radius 2 is 2.24 bits per heavy atom. The largest absolute Gasteiger partial charge is 0.382 e. The standard InChI is InChI=1S/C12H22ClN3O/c1-5-17-7-6-10(14-3)8-11-9(2)15-16(4)12(11)13/h10,14H,5-8H2,1-4H3. The second-order valence-electron chi connectivity index (χ2n) is 4.15. The second kappa shape index (κ2) is 6.99. The highest BCUT2D eigenvalue weighted by molar-refractivity contribution is 6.30. The first-order valence-electron chi connectivity index (χ1n) is 6.03. The van der Waals surface area contributed by atoms with E-state index in [1.54, 1.807) is 4.68 Å². The predicted molar refractivity (Wildman–Crippen MR) is 70.6 cm³/mol. The quantitative estimate of drug-likeness (QED) is 0.761. The minimum absolute atomic E-state index is 0.377. The first kappa shape index (κ1) is 14.5. The molecule has 0 saturated carbocycles. The van der Waals surface area contributed by atoms with Crippen molar-refractivity contribution in [3.05, 3.63) is 16.4 Å². The van der Waals surface area contributed by atoms with Crippen molar-refractivity contribution in [1.82, 2.24) is 15.1 Å². The Morgan fingerprint density at radius 1 is 1.53 bits per heavy atom. The molecule has 0 saturated heterocycles. The molecule has 5 heteroatoms. The average molecular weight is 260 g/mol. The van der Waals surface area contributed by atoms with Crippen molar-refractivity contribution < 1.29 is 4.74 Å². The van der Waals surface area contributed by atoms with Gasteiger partial charge in [-0.2, -0.15) is 5.10 Å². The summed E-state index contributed by atoms with van der Waals surface area (Å²) in [4.78, 5) is 0. The molecule has 17 heavy (non-hydrogen) atoms. The number of nitrogens with one attached hydrogen (secondary N) is 1. The topological polar surface area (TPSA) is 39.1 Å². The summed E-state index contributed by atoms with van der Waals surface area (Å²) in [5.41, 5.74) is 2.14. The summed E-state index contributed by atoms with van der Waals surface area (Å²) in [6.45, 7) is 5.55. The minimum Gasteiger partial charge on any atom is -0.382 e. The van der Waals surface area contributed by atoms with Crippen LogP contribution < -0.4 is 5.32 Å². The van der Waals surface area contributed by atoms with Crippen LogP contribution in [0.3, 0.4) is 0 Å². The number of rotatable bonds is 7. The van der Waals surface area contributed by atoms with Crippen LogP contribution in [-0.4, -0.2) is 36.1 Å². The molecule has 1 N–H and O–H groups in total. The monoisotopic (exact) mass is 259 g/mol. The Hall–Kier alpha value is -0.580. The van der Waals surface area contributed by atoms with E-state index in [1.807, 2.05) is 27.9 Å². The van der Waals surface area contributed by atoms with Crippen LogP contribution in [0.15, 0.2) is 0 Å². The third-order valence-corrected chi connectivity index (χ3v) is 3.42. The van der Waals surface area contributed by atoms with E-state index < -0.39 is 0 Å². The molecule has 1 rings (SSSR count). The van der Waals surface area contributed by atoms with E-state index in [9.17, 15) is 0 Å². The number of ether oxygens (including phenoxy) is 1. The van der Waals surface area contributed by atoms with Crippen molar-refractivity contribution in [2.24, 2.45) is 7.05 Å². The highest BCUT2D eigenvalue weighted by Crippen LogP contribution is 2.20. The lowest BCUT2D eigenvalue weighted by Gasteiger charge is -2.15. The first-order chi connectivity index (χ1) is 8.10. The van der Waals surface area contributed by atoms with Gasteiger partial charge in [-0.1, -0.05) is 11.6 Å². The van der Waals surface area contributed by atoms with Crippen LogP contribution in [0.4, 0.5) is 0 Å². The Balaban J connectivity index is 2.60. The fraction of sp³-hybridized carbons (Fsp3) is 0.750. The van der Waals surface area contributed by atoms with E-state index in [0.29, 0.717) is 6.04 Å². The molecule has 0 fully saturated rings. The molecule has 0 spiro atoms. The highest BCUT2D eigenvalue weighted by Gasteiger charge is 2.15. The number of hydrogen-bond acceptors (Lipinski definition) is 3. The van der Waals surface area contributed by atoms with Gasteiger partial charge in [-0.15, -0.1) is 0 Å². The fourth-order valence-electron chi connectivity index (χ4n) is 1.87. The summed E-state index contributed by atoms with van der Waals surface area (Å²) in [5.74, 6) is 0. The zero-order chi connectivity index (χ0) is 12.8. The molecule has 98 valence electrons. The fourth-order valence-corrected chi connectivity index (χ4v) is 2.12. The van der Waals surface area contributed by atoms with E-state index in [2.05, 4.69) is 10.4 Å². The summed E-state index contributed by atoms with van der Waals surface area (Å²) in [6.07, 6.45) is 1.87. The number of hydrogen-bond donors (Lipinski definition) is 1. The van der Waals surface area contributed by atoms with Gasteiger partial charge in [0.15, 0.2) is 0 Å². The molecule has 1 unspecified atom stereocenters. The maximum atomic E-state index is 6.22. The molecule has 0 aliphatic rings. The van der Waals surface area contributed by atoms with Gasteiger partial charge in [-0.3, -0.25) is 4.68 Å². The van der Waals surface area contributed by atoms with Gasteiger partial charge in [0.1, 0.15) is 5.15 Å². The molecule has 1 atom stereocenters. The van der Waals surface area contributed by atoms with Crippen molar-refractivity contribution in [2.75, 3.05) is 20.3 Å². The lowest BCUT2D eigenvalue weighted by molar-refractivity contribution is 0.137. The van der Waals surface area contributed by atoms with Crippen molar-refractivity contribution in [1.29, 1.82) is 0 Å². The van der Waals surface area contributed by atoms with Crippen LogP contribution in [0.1, 0.15) is 24.6 Å². The van der Waals surface area contributed by atoms with Crippen LogP contribution in [0.5, 0.6) is 0 Å². The Labute approximate surface area is 108 Å². The van der Waals surface area contributed by atoms with Gasteiger partial charge in [0.2, 0.25) is 0 Å². The summed E-state index contributed by atoms with van der Waals surface area (Å²) in [7, 11) is 3.84. The molecule has 4 nitrogen and oxygen atoms in total. The molecule has 0 aliphatic carbocycles. The van der Waals surface area contributed by atoms with Crippen molar-refractivity contribution >= 4 is 11.6 Å². The number of aromatic nitrogens is 2. The summed E-state index contributed by atoms with van der Waals surface area (Å²) >= 11 is 6.22.